The van der Waals surface area contributed by atoms with Crippen molar-refractivity contribution in [2.24, 2.45) is 0 Å². The van der Waals surface area contributed by atoms with Crippen LogP contribution in [0.4, 0.5) is 30.4 Å². The first kappa shape index (κ1) is 22.1. The fourth-order valence-corrected chi connectivity index (χ4v) is 3.90. The predicted octanol–water partition coefficient (Wildman–Crippen LogP) is 5.30. The number of fused-ring (bicyclic) bond motifs is 1. The first-order valence-electron chi connectivity index (χ1n) is 10.6. The van der Waals surface area contributed by atoms with Gasteiger partial charge in [-0.05, 0) is 68.7 Å². The van der Waals surface area contributed by atoms with Crippen LogP contribution in [0.3, 0.4) is 0 Å². The monoisotopic (exact) mass is 445 g/mol. The fourth-order valence-electron chi connectivity index (χ4n) is 3.90. The van der Waals surface area contributed by atoms with Crippen LogP contribution in [-0.4, -0.2) is 29.2 Å². The molecule has 1 saturated heterocycles. The molecule has 1 aliphatic heterocycles. The highest BCUT2D eigenvalue weighted by atomic mass is 19.4. The number of anilines is 3. The van der Waals surface area contributed by atoms with Crippen LogP contribution in [0.2, 0.25) is 0 Å². The van der Waals surface area contributed by atoms with Crippen molar-refractivity contribution in [3.05, 3.63) is 53.3 Å². The molecule has 0 bridgehead atoms. The molecule has 1 aliphatic rings. The van der Waals surface area contributed by atoms with Crippen molar-refractivity contribution in [1.82, 2.24) is 9.97 Å². The Bertz CT molecular complexity index is 1110. The summed E-state index contributed by atoms with van der Waals surface area (Å²) in [6.07, 6.45) is -2.60. The van der Waals surface area contributed by atoms with Crippen LogP contribution in [0.5, 0.6) is 0 Å². The van der Waals surface area contributed by atoms with Gasteiger partial charge in [-0.25, -0.2) is 9.97 Å². The van der Waals surface area contributed by atoms with Gasteiger partial charge in [0.2, 0.25) is 0 Å². The van der Waals surface area contributed by atoms with E-state index in [2.05, 4.69) is 20.6 Å². The Labute approximate surface area is 184 Å². The van der Waals surface area contributed by atoms with Gasteiger partial charge >= 0.3 is 6.18 Å². The van der Waals surface area contributed by atoms with Crippen LogP contribution in [0.1, 0.15) is 42.8 Å². The second-order valence-electron chi connectivity index (χ2n) is 8.13. The molecule has 4 N–H and O–H groups in total. The van der Waals surface area contributed by atoms with E-state index in [4.69, 9.17) is 10.5 Å². The zero-order valence-corrected chi connectivity index (χ0v) is 18.0. The number of rotatable bonds is 5. The van der Waals surface area contributed by atoms with Crippen LogP contribution in [0, 0.1) is 6.92 Å². The number of alkyl halides is 3. The highest BCUT2D eigenvalue weighted by Crippen LogP contribution is 2.34. The van der Waals surface area contributed by atoms with E-state index >= 15 is 0 Å². The first-order chi connectivity index (χ1) is 15.2. The third-order valence-electron chi connectivity index (χ3n) is 5.56. The van der Waals surface area contributed by atoms with E-state index < -0.39 is 17.8 Å². The lowest BCUT2D eigenvalue weighted by molar-refractivity contribution is -0.137. The normalized spacial score (nSPS) is 16.2. The molecular formula is C23H26F3N5O. The zero-order chi connectivity index (χ0) is 22.9. The van der Waals surface area contributed by atoms with E-state index in [-0.39, 0.29) is 5.69 Å². The van der Waals surface area contributed by atoms with Gasteiger partial charge < -0.3 is 21.1 Å². The molecule has 1 fully saturated rings. The first-order valence-corrected chi connectivity index (χ1v) is 10.6. The minimum Gasteiger partial charge on any atom is -0.399 e. The Balaban J connectivity index is 1.64. The maximum absolute atomic E-state index is 13.2. The molecule has 0 spiro atoms. The van der Waals surface area contributed by atoms with Crippen molar-refractivity contribution in [3.63, 3.8) is 0 Å². The van der Waals surface area contributed by atoms with Crippen LogP contribution >= 0.6 is 0 Å². The lowest BCUT2D eigenvalue weighted by atomic mass is 10.0. The molecule has 0 amide bonds. The molecule has 0 saturated carbocycles. The molecule has 170 valence electrons. The minimum atomic E-state index is -4.47. The van der Waals surface area contributed by atoms with Gasteiger partial charge in [0.25, 0.3) is 0 Å². The SMILES string of the molecule is Cc1nc(N[C@H](C)c2cc(N)cc(C(F)(F)F)c2)c2cc(NC3CCOCC3)ccc2n1. The molecule has 0 aliphatic carbocycles. The molecule has 3 aromatic rings. The Kier molecular flexibility index (Phi) is 6.10. The number of aromatic nitrogens is 2. The van der Waals surface area contributed by atoms with Crippen molar-refractivity contribution in [2.75, 3.05) is 29.6 Å². The molecule has 2 heterocycles. The number of hydrogen-bond donors (Lipinski definition) is 3. The minimum absolute atomic E-state index is 0.0650. The maximum Gasteiger partial charge on any atom is 0.416 e. The molecule has 32 heavy (non-hydrogen) atoms. The van der Waals surface area contributed by atoms with Gasteiger partial charge in [-0.3, -0.25) is 0 Å². The van der Waals surface area contributed by atoms with Crippen molar-refractivity contribution in [1.29, 1.82) is 0 Å². The van der Waals surface area contributed by atoms with Crippen molar-refractivity contribution < 1.29 is 17.9 Å². The van der Waals surface area contributed by atoms with Gasteiger partial charge in [-0.15, -0.1) is 0 Å². The van der Waals surface area contributed by atoms with E-state index in [9.17, 15) is 13.2 Å². The fraction of sp³-hybridized carbons (Fsp3) is 0.391. The molecule has 0 unspecified atom stereocenters. The summed E-state index contributed by atoms with van der Waals surface area (Å²) in [6.45, 7) is 5.03. The number of hydrogen-bond acceptors (Lipinski definition) is 6. The Morgan fingerprint density at radius 2 is 1.84 bits per heavy atom. The molecule has 0 radical (unpaired) electrons. The van der Waals surface area contributed by atoms with E-state index in [0.29, 0.717) is 23.2 Å². The number of nitrogen functional groups attached to an aromatic ring is 1. The van der Waals surface area contributed by atoms with Gasteiger partial charge in [-0.1, -0.05) is 0 Å². The van der Waals surface area contributed by atoms with Crippen molar-refractivity contribution >= 4 is 28.1 Å². The number of nitrogens with two attached hydrogens (primary N) is 1. The van der Waals surface area contributed by atoms with E-state index in [1.54, 1.807) is 19.9 Å². The quantitative estimate of drug-likeness (QED) is 0.462. The van der Waals surface area contributed by atoms with Crippen LogP contribution in [0.25, 0.3) is 10.9 Å². The summed E-state index contributed by atoms with van der Waals surface area (Å²) in [4.78, 5) is 9.02. The largest absolute Gasteiger partial charge is 0.416 e. The number of benzene rings is 2. The molecule has 9 heteroatoms. The summed E-state index contributed by atoms with van der Waals surface area (Å²) in [5.74, 6) is 1.13. The molecule has 4 rings (SSSR count). The number of ether oxygens (including phenoxy) is 1. The molecular weight excluding hydrogens is 419 g/mol. The standard InChI is InChI=1S/C23H26F3N5O/c1-13(15-9-16(23(24,25)26)11-17(27)10-15)28-22-20-12-19(31-18-5-7-32-8-6-18)3-4-21(20)29-14(2)30-22/h3-4,9-13,18,31H,5-8,27H2,1-2H3,(H,28,29,30)/t13-/m1/s1. The van der Waals surface area contributed by atoms with Gasteiger partial charge in [0.1, 0.15) is 11.6 Å². The highest BCUT2D eigenvalue weighted by molar-refractivity contribution is 5.91. The summed E-state index contributed by atoms with van der Waals surface area (Å²) in [5, 5.41) is 7.57. The summed E-state index contributed by atoms with van der Waals surface area (Å²) in [7, 11) is 0. The smallest absolute Gasteiger partial charge is 0.399 e. The van der Waals surface area contributed by atoms with Gasteiger partial charge in [0.15, 0.2) is 0 Å². The molecule has 1 aromatic heterocycles. The highest BCUT2D eigenvalue weighted by Gasteiger charge is 2.31. The molecule has 6 nitrogen and oxygen atoms in total. The van der Waals surface area contributed by atoms with Gasteiger partial charge in [0, 0.05) is 36.0 Å². The third kappa shape index (κ3) is 5.04. The summed E-state index contributed by atoms with van der Waals surface area (Å²) in [5.41, 5.74) is 7.16. The van der Waals surface area contributed by atoms with Gasteiger partial charge in [0.05, 0.1) is 17.1 Å². The average molecular weight is 445 g/mol. The zero-order valence-electron chi connectivity index (χ0n) is 18.0. The second kappa shape index (κ2) is 8.82. The predicted molar refractivity (Wildman–Crippen MR) is 120 cm³/mol. The summed E-state index contributed by atoms with van der Waals surface area (Å²) < 4.78 is 45.1. The number of nitrogens with one attached hydrogen (secondary N) is 2. The number of halogens is 3. The van der Waals surface area contributed by atoms with Gasteiger partial charge in [-0.2, -0.15) is 13.2 Å². The second-order valence-corrected chi connectivity index (χ2v) is 8.13. The Morgan fingerprint density at radius 1 is 1.09 bits per heavy atom. The number of aryl methyl sites for hydroxylation is 1. The summed E-state index contributed by atoms with van der Waals surface area (Å²) >= 11 is 0. The summed E-state index contributed by atoms with van der Waals surface area (Å²) in [6, 6.07) is 9.34. The Hall–Kier alpha value is -3.07. The van der Waals surface area contributed by atoms with Crippen LogP contribution in [0.15, 0.2) is 36.4 Å². The van der Waals surface area contributed by atoms with Crippen LogP contribution < -0.4 is 16.4 Å². The van der Waals surface area contributed by atoms with Crippen molar-refractivity contribution in [2.45, 2.75) is 44.9 Å². The Morgan fingerprint density at radius 3 is 2.56 bits per heavy atom. The maximum atomic E-state index is 13.2. The molecule has 1 atom stereocenters. The lowest BCUT2D eigenvalue weighted by Gasteiger charge is -2.24. The third-order valence-corrected chi connectivity index (χ3v) is 5.56. The topological polar surface area (TPSA) is 85.1 Å². The number of nitrogens with zero attached hydrogens (tertiary/aromatic N) is 2. The van der Waals surface area contributed by atoms with Crippen LogP contribution in [-0.2, 0) is 10.9 Å². The average Bonchev–Trinajstić information content (AvgIpc) is 2.73. The molecule has 2 aromatic carbocycles. The van der Waals surface area contributed by atoms with E-state index in [1.165, 1.54) is 0 Å². The van der Waals surface area contributed by atoms with E-state index in [0.717, 1.165) is 54.8 Å². The van der Waals surface area contributed by atoms with Crippen molar-refractivity contribution in [3.8, 4) is 0 Å². The van der Waals surface area contributed by atoms with E-state index in [1.807, 2.05) is 18.2 Å². The lowest BCUT2D eigenvalue weighted by Crippen LogP contribution is -2.27.